The van der Waals surface area contributed by atoms with Gasteiger partial charge in [-0.15, -0.1) is 0 Å². The highest BCUT2D eigenvalue weighted by Gasteiger charge is 2.18. The number of halogens is 1. The van der Waals surface area contributed by atoms with Gasteiger partial charge in [-0.25, -0.2) is 0 Å². The van der Waals surface area contributed by atoms with Crippen LogP contribution in [0, 0.1) is 0 Å². The van der Waals surface area contributed by atoms with Crippen LogP contribution in [-0.2, 0) is 4.79 Å². The van der Waals surface area contributed by atoms with Gasteiger partial charge in [0.25, 0.3) is 0 Å². The molecule has 22 heavy (non-hydrogen) atoms. The van der Waals surface area contributed by atoms with E-state index in [4.69, 9.17) is 0 Å². The van der Waals surface area contributed by atoms with E-state index >= 15 is 0 Å². The van der Waals surface area contributed by atoms with E-state index in [0.717, 1.165) is 16.6 Å². The average Bonchev–Trinajstić information content (AvgIpc) is 2.54. The number of hydrogen-bond acceptors (Lipinski definition) is 2. The van der Waals surface area contributed by atoms with Gasteiger partial charge in [-0.05, 0) is 43.2 Å². The normalized spacial score (nSPS) is 13.4. The Hall–Kier alpha value is -1.65. The summed E-state index contributed by atoms with van der Waals surface area (Å²) in [4.78, 5) is 12.3. The Morgan fingerprint density at radius 2 is 1.73 bits per heavy atom. The van der Waals surface area contributed by atoms with Crippen molar-refractivity contribution < 1.29 is 4.79 Å². The number of hydrogen-bond donors (Lipinski definition) is 2. The van der Waals surface area contributed by atoms with Crippen LogP contribution in [0.15, 0.2) is 59.1 Å². The molecule has 0 fully saturated rings. The van der Waals surface area contributed by atoms with Crippen molar-refractivity contribution in [2.75, 3.05) is 5.32 Å². The van der Waals surface area contributed by atoms with Gasteiger partial charge in [0.05, 0.1) is 6.04 Å². The molecule has 0 aliphatic rings. The van der Waals surface area contributed by atoms with Gasteiger partial charge in [-0.3, -0.25) is 10.1 Å². The molecule has 0 aromatic heterocycles. The fourth-order valence-corrected chi connectivity index (χ4v) is 2.56. The fourth-order valence-electron chi connectivity index (χ4n) is 2.29. The summed E-state index contributed by atoms with van der Waals surface area (Å²) in [7, 11) is 0. The molecule has 0 aliphatic carbocycles. The topological polar surface area (TPSA) is 41.1 Å². The lowest BCUT2D eigenvalue weighted by molar-refractivity contribution is -0.118. The highest BCUT2D eigenvalue weighted by Crippen LogP contribution is 2.20. The van der Waals surface area contributed by atoms with E-state index in [0.29, 0.717) is 0 Å². The van der Waals surface area contributed by atoms with Gasteiger partial charge >= 0.3 is 0 Å². The Kier molecular flexibility index (Phi) is 6.16. The van der Waals surface area contributed by atoms with E-state index in [1.165, 1.54) is 5.56 Å². The van der Waals surface area contributed by atoms with Gasteiger partial charge in [0.1, 0.15) is 0 Å². The smallest absolute Gasteiger partial charge is 0.241 e. The van der Waals surface area contributed by atoms with Crippen LogP contribution in [0.3, 0.4) is 0 Å². The first-order valence-corrected chi connectivity index (χ1v) is 8.27. The lowest BCUT2D eigenvalue weighted by Crippen LogP contribution is -2.40. The molecule has 0 radical (unpaired) electrons. The third-order valence-corrected chi connectivity index (χ3v) is 4.10. The van der Waals surface area contributed by atoms with Crippen molar-refractivity contribution in [3.63, 3.8) is 0 Å². The molecule has 116 valence electrons. The van der Waals surface area contributed by atoms with Crippen molar-refractivity contribution in [2.45, 2.75) is 32.4 Å². The predicted octanol–water partition coefficient (Wildman–Crippen LogP) is 4.52. The monoisotopic (exact) mass is 360 g/mol. The van der Waals surface area contributed by atoms with Crippen LogP contribution in [0.4, 0.5) is 5.69 Å². The molecule has 0 spiro atoms. The molecule has 4 heteroatoms. The van der Waals surface area contributed by atoms with E-state index < -0.39 is 0 Å². The Balaban J connectivity index is 1.98. The molecule has 2 atom stereocenters. The largest absolute Gasteiger partial charge is 0.325 e. The second kappa shape index (κ2) is 8.11. The van der Waals surface area contributed by atoms with E-state index in [1.807, 2.05) is 49.4 Å². The van der Waals surface area contributed by atoms with Crippen molar-refractivity contribution >= 4 is 27.5 Å². The number of carbonyl (C=O) groups excluding carboxylic acids is 1. The minimum Gasteiger partial charge on any atom is -0.325 e. The first-order valence-electron chi connectivity index (χ1n) is 7.47. The van der Waals surface area contributed by atoms with Gasteiger partial charge < -0.3 is 5.32 Å². The molecule has 0 bridgehead atoms. The summed E-state index contributed by atoms with van der Waals surface area (Å²) in [6, 6.07) is 17.6. The van der Waals surface area contributed by atoms with Crippen molar-refractivity contribution in [1.29, 1.82) is 0 Å². The molecule has 0 saturated heterocycles. The summed E-state index contributed by atoms with van der Waals surface area (Å²) in [5.41, 5.74) is 2.00. The number of benzene rings is 2. The van der Waals surface area contributed by atoms with Gasteiger partial charge in [-0.1, -0.05) is 53.2 Å². The van der Waals surface area contributed by atoms with Gasteiger partial charge in [-0.2, -0.15) is 0 Å². The molecule has 3 nitrogen and oxygen atoms in total. The molecule has 2 aromatic carbocycles. The zero-order valence-electron chi connectivity index (χ0n) is 12.8. The molecular weight excluding hydrogens is 340 g/mol. The molecule has 2 rings (SSSR count). The van der Waals surface area contributed by atoms with Crippen molar-refractivity contribution in [1.82, 2.24) is 5.32 Å². The minimum absolute atomic E-state index is 0.0261. The molecule has 1 amide bonds. The van der Waals surface area contributed by atoms with E-state index in [2.05, 4.69) is 45.6 Å². The van der Waals surface area contributed by atoms with Gasteiger partial charge in [0.15, 0.2) is 0 Å². The summed E-state index contributed by atoms with van der Waals surface area (Å²) < 4.78 is 1.06. The maximum atomic E-state index is 12.3. The Morgan fingerprint density at radius 1 is 1.09 bits per heavy atom. The number of amides is 1. The second-order valence-corrected chi connectivity index (χ2v) is 6.17. The second-order valence-electron chi connectivity index (χ2n) is 5.26. The zero-order chi connectivity index (χ0) is 15.9. The average molecular weight is 361 g/mol. The van der Waals surface area contributed by atoms with Gasteiger partial charge in [0, 0.05) is 16.2 Å². The summed E-state index contributed by atoms with van der Waals surface area (Å²) in [6.07, 6.45) is 0.921. The number of nitrogens with one attached hydrogen (secondary N) is 2. The standard InChI is InChI=1S/C18H21BrN2O/c1-3-17(14-9-11-15(19)12-10-14)20-13(2)18(22)21-16-7-5-4-6-8-16/h4-13,17,20H,3H2,1-2H3,(H,21,22)/t13-,17-/m1/s1. The van der Waals surface area contributed by atoms with Crippen LogP contribution >= 0.6 is 15.9 Å². The maximum Gasteiger partial charge on any atom is 0.241 e. The molecule has 0 heterocycles. The third kappa shape index (κ3) is 4.68. The zero-order valence-corrected chi connectivity index (χ0v) is 14.4. The maximum absolute atomic E-state index is 12.3. The summed E-state index contributed by atoms with van der Waals surface area (Å²) in [6.45, 7) is 4.00. The lowest BCUT2D eigenvalue weighted by Gasteiger charge is -2.22. The number of anilines is 1. The molecule has 0 unspecified atom stereocenters. The van der Waals surface area contributed by atoms with E-state index in [9.17, 15) is 4.79 Å². The predicted molar refractivity (Wildman–Crippen MR) is 94.8 cm³/mol. The fraction of sp³-hybridized carbons (Fsp3) is 0.278. The van der Waals surface area contributed by atoms with Crippen LogP contribution in [0.25, 0.3) is 0 Å². The number of rotatable bonds is 6. The first-order chi connectivity index (χ1) is 10.6. The summed E-state index contributed by atoms with van der Waals surface area (Å²) in [5, 5.41) is 6.32. The van der Waals surface area contributed by atoms with Crippen LogP contribution < -0.4 is 10.6 Å². The lowest BCUT2D eigenvalue weighted by atomic mass is 10.0. The van der Waals surface area contributed by atoms with Crippen LogP contribution in [-0.4, -0.2) is 11.9 Å². The third-order valence-electron chi connectivity index (χ3n) is 3.57. The van der Waals surface area contributed by atoms with Crippen LogP contribution in [0.1, 0.15) is 31.9 Å². The highest BCUT2D eigenvalue weighted by atomic mass is 79.9. The van der Waals surface area contributed by atoms with E-state index in [-0.39, 0.29) is 18.0 Å². The van der Waals surface area contributed by atoms with Crippen molar-refractivity contribution in [2.24, 2.45) is 0 Å². The SMILES string of the molecule is CC[C@@H](N[C@H](C)C(=O)Nc1ccccc1)c1ccc(Br)cc1. The molecule has 2 N–H and O–H groups in total. The summed E-state index contributed by atoms with van der Waals surface area (Å²) in [5.74, 6) is -0.0261. The minimum atomic E-state index is -0.270. The molecule has 0 aliphatic heterocycles. The summed E-state index contributed by atoms with van der Waals surface area (Å²) >= 11 is 3.44. The van der Waals surface area contributed by atoms with Crippen LogP contribution in [0.2, 0.25) is 0 Å². The molecular formula is C18H21BrN2O. The Bertz CT molecular complexity index is 598. The van der Waals surface area contributed by atoms with Crippen molar-refractivity contribution in [3.05, 3.63) is 64.6 Å². The number of para-hydroxylation sites is 1. The van der Waals surface area contributed by atoms with E-state index in [1.54, 1.807) is 0 Å². The highest BCUT2D eigenvalue weighted by molar-refractivity contribution is 9.10. The van der Waals surface area contributed by atoms with Crippen LogP contribution in [0.5, 0.6) is 0 Å². The molecule has 2 aromatic rings. The van der Waals surface area contributed by atoms with Gasteiger partial charge in [0.2, 0.25) is 5.91 Å². The Morgan fingerprint density at radius 3 is 2.32 bits per heavy atom. The number of carbonyl (C=O) groups is 1. The van der Waals surface area contributed by atoms with Crippen molar-refractivity contribution in [3.8, 4) is 0 Å². The first kappa shape index (κ1) is 16.7. The molecule has 0 saturated carbocycles. The Labute approximate surface area is 140 Å². The quantitative estimate of drug-likeness (QED) is 0.795.